The summed E-state index contributed by atoms with van der Waals surface area (Å²) in [5, 5.41) is 13.6. The molecule has 1 aliphatic rings. The summed E-state index contributed by atoms with van der Waals surface area (Å²) in [6.45, 7) is 3.11. The summed E-state index contributed by atoms with van der Waals surface area (Å²) < 4.78 is 0. The number of benzene rings is 1. The minimum absolute atomic E-state index is 0.00731. The fraction of sp³-hybridized carbons (Fsp3) is 0.308. The van der Waals surface area contributed by atoms with Gasteiger partial charge in [0, 0.05) is 37.1 Å². The van der Waals surface area contributed by atoms with E-state index in [4.69, 9.17) is 0 Å². The Morgan fingerprint density at radius 2 is 2.06 bits per heavy atom. The molecule has 5 nitrogen and oxygen atoms in total. The lowest BCUT2D eigenvalue weighted by molar-refractivity contribution is 0.0731. The number of hydrogen-bond acceptors (Lipinski definition) is 3. The Balaban J connectivity index is 1.94. The third kappa shape index (κ3) is 1.82. The number of fused-ring (bicyclic) bond motifs is 1. The molecule has 1 aromatic carbocycles. The molecular formula is C13H15N3O2. The maximum absolute atomic E-state index is 12.3. The smallest absolute Gasteiger partial charge is 0.270 e. The van der Waals surface area contributed by atoms with E-state index < -0.39 is 0 Å². The van der Waals surface area contributed by atoms with E-state index in [1.165, 1.54) is 0 Å². The number of piperazine rings is 1. The summed E-state index contributed by atoms with van der Waals surface area (Å²) in [6.07, 6.45) is 0. The van der Waals surface area contributed by atoms with Crippen molar-refractivity contribution in [1.82, 2.24) is 15.2 Å². The van der Waals surface area contributed by atoms with Crippen LogP contribution >= 0.6 is 0 Å². The van der Waals surface area contributed by atoms with Gasteiger partial charge in [-0.3, -0.25) is 4.79 Å². The molecular weight excluding hydrogens is 230 g/mol. The van der Waals surface area contributed by atoms with Gasteiger partial charge in [-0.1, -0.05) is 6.07 Å². The molecule has 18 heavy (non-hydrogen) atoms. The van der Waals surface area contributed by atoms with E-state index in [9.17, 15) is 9.90 Å². The van der Waals surface area contributed by atoms with Crippen LogP contribution in [0.25, 0.3) is 10.9 Å². The molecule has 2 heterocycles. The lowest BCUT2D eigenvalue weighted by Crippen LogP contribution is -2.46. The highest BCUT2D eigenvalue weighted by atomic mass is 16.3. The van der Waals surface area contributed by atoms with Crippen molar-refractivity contribution in [2.45, 2.75) is 0 Å². The van der Waals surface area contributed by atoms with Crippen LogP contribution in [0.15, 0.2) is 24.3 Å². The molecule has 0 aliphatic carbocycles. The molecule has 2 aromatic rings. The lowest BCUT2D eigenvalue weighted by Gasteiger charge is -2.26. The minimum atomic E-state index is -0.00731. The van der Waals surface area contributed by atoms with Gasteiger partial charge in [-0.15, -0.1) is 0 Å². The van der Waals surface area contributed by atoms with E-state index in [1.807, 2.05) is 11.0 Å². The van der Waals surface area contributed by atoms with Gasteiger partial charge >= 0.3 is 0 Å². The highest BCUT2D eigenvalue weighted by Crippen LogP contribution is 2.25. The van der Waals surface area contributed by atoms with Crippen molar-refractivity contribution in [3.8, 4) is 5.75 Å². The molecule has 0 spiro atoms. The molecule has 0 radical (unpaired) electrons. The topological polar surface area (TPSA) is 68.4 Å². The fourth-order valence-electron chi connectivity index (χ4n) is 2.29. The van der Waals surface area contributed by atoms with Gasteiger partial charge in [-0.05, 0) is 18.2 Å². The monoisotopic (exact) mass is 245 g/mol. The number of H-pyrrole nitrogens is 1. The van der Waals surface area contributed by atoms with Crippen molar-refractivity contribution in [3.05, 3.63) is 30.0 Å². The van der Waals surface area contributed by atoms with Crippen LogP contribution in [-0.4, -0.2) is 47.1 Å². The number of aromatic amines is 1. The van der Waals surface area contributed by atoms with E-state index in [2.05, 4.69) is 10.3 Å². The van der Waals surface area contributed by atoms with Gasteiger partial charge in [-0.25, -0.2) is 0 Å². The first-order chi connectivity index (χ1) is 8.75. The third-order valence-corrected chi connectivity index (χ3v) is 3.28. The number of rotatable bonds is 1. The summed E-state index contributed by atoms with van der Waals surface area (Å²) in [5.74, 6) is 0.190. The normalized spacial score (nSPS) is 16.1. The first-order valence-electron chi connectivity index (χ1n) is 6.06. The Morgan fingerprint density at radius 1 is 1.28 bits per heavy atom. The number of carbonyl (C=O) groups excluding carboxylic acids is 1. The zero-order valence-corrected chi connectivity index (χ0v) is 9.94. The van der Waals surface area contributed by atoms with Crippen molar-refractivity contribution in [1.29, 1.82) is 0 Å². The van der Waals surface area contributed by atoms with Crippen LogP contribution in [0.2, 0.25) is 0 Å². The molecule has 94 valence electrons. The van der Waals surface area contributed by atoms with Crippen molar-refractivity contribution < 1.29 is 9.90 Å². The van der Waals surface area contributed by atoms with Gasteiger partial charge in [-0.2, -0.15) is 0 Å². The molecule has 1 fully saturated rings. The van der Waals surface area contributed by atoms with Crippen LogP contribution in [-0.2, 0) is 0 Å². The average Bonchev–Trinajstić information content (AvgIpc) is 2.84. The Kier molecular flexibility index (Phi) is 2.68. The van der Waals surface area contributed by atoms with Crippen LogP contribution in [0.5, 0.6) is 5.75 Å². The Hall–Kier alpha value is -2.01. The molecule has 0 bridgehead atoms. The SMILES string of the molecule is O=C(c1cc2c(O)cccc2[nH]1)N1CCNCC1. The van der Waals surface area contributed by atoms with E-state index in [1.54, 1.807) is 18.2 Å². The quantitative estimate of drug-likeness (QED) is 0.699. The van der Waals surface area contributed by atoms with Gasteiger partial charge in [0.05, 0.1) is 0 Å². The maximum Gasteiger partial charge on any atom is 0.270 e. The zero-order valence-electron chi connectivity index (χ0n) is 9.94. The molecule has 0 saturated carbocycles. The van der Waals surface area contributed by atoms with Crippen LogP contribution in [0.1, 0.15) is 10.5 Å². The molecule has 5 heteroatoms. The van der Waals surface area contributed by atoms with Gasteiger partial charge in [0.25, 0.3) is 5.91 Å². The maximum atomic E-state index is 12.3. The van der Waals surface area contributed by atoms with Crippen LogP contribution in [0.3, 0.4) is 0 Å². The van der Waals surface area contributed by atoms with E-state index in [0.717, 1.165) is 31.7 Å². The fourth-order valence-corrected chi connectivity index (χ4v) is 2.29. The summed E-state index contributed by atoms with van der Waals surface area (Å²) in [6, 6.07) is 6.95. The van der Waals surface area contributed by atoms with Crippen molar-refractivity contribution >= 4 is 16.8 Å². The molecule has 1 aliphatic heterocycles. The van der Waals surface area contributed by atoms with Crippen LogP contribution < -0.4 is 5.32 Å². The van der Waals surface area contributed by atoms with Crippen LogP contribution in [0.4, 0.5) is 0 Å². The highest BCUT2D eigenvalue weighted by Gasteiger charge is 2.19. The third-order valence-electron chi connectivity index (χ3n) is 3.28. The molecule has 0 atom stereocenters. The number of amides is 1. The number of aromatic hydroxyl groups is 1. The number of phenols is 1. The molecule has 0 unspecified atom stereocenters. The summed E-state index contributed by atoms with van der Waals surface area (Å²) in [7, 11) is 0. The predicted octanol–water partition coefficient (Wildman–Crippen LogP) is 0.919. The van der Waals surface area contributed by atoms with E-state index in [-0.39, 0.29) is 11.7 Å². The Labute approximate surface area is 104 Å². The number of nitrogens with zero attached hydrogens (tertiary/aromatic N) is 1. The standard InChI is InChI=1S/C13H15N3O2/c17-12-3-1-2-10-9(12)8-11(15-10)13(18)16-6-4-14-5-7-16/h1-3,8,14-15,17H,4-7H2. The Bertz CT molecular complexity index is 585. The molecule has 1 amide bonds. The highest BCUT2D eigenvalue weighted by molar-refractivity contribution is 5.99. The van der Waals surface area contributed by atoms with E-state index >= 15 is 0 Å². The average molecular weight is 245 g/mol. The number of phenolic OH excluding ortho intramolecular Hbond substituents is 1. The zero-order chi connectivity index (χ0) is 12.5. The second-order valence-electron chi connectivity index (χ2n) is 4.46. The first kappa shape index (κ1) is 11.1. The number of hydrogen-bond donors (Lipinski definition) is 3. The number of carbonyl (C=O) groups is 1. The van der Waals surface area contributed by atoms with Crippen molar-refractivity contribution in [2.75, 3.05) is 26.2 Å². The van der Waals surface area contributed by atoms with E-state index in [0.29, 0.717) is 11.1 Å². The molecule has 1 saturated heterocycles. The molecule has 1 aromatic heterocycles. The number of aromatic nitrogens is 1. The first-order valence-corrected chi connectivity index (χ1v) is 6.06. The van der Waals surface area contributed by atoms with Gasteiger partial charge in [0.1, 0.15) is 11.4 Å². The summed E-state index contributed by atoms with van der Waals surface area (Å²) >= 11 is 0. The van der Waals surface area contributed by atoms with Crippen molar-refractivity contribution in [2.24, 2.45) is 0 Å². The second kappa shape index (κ2) is 4.34. The lowest BCUT2D eigenvalue weighted by atomic mass is 10.2. The number of nitrogens with one attached hydrogen (secondary N) is 2. The molecule has 3 N–H and O–H groups in total. The van der Waals surface area contributed by atoms with Gasteiger partial charge < -0.3 is 20.3 Å². The minimum Gasteiger partial charge on any atom is -0.507 e. The summed E-state index contributed by atoms with van der Waals surface area (Å²) in [5.41, 5.74) is 1.32. The Morgan fingerprint density at radius 3 is 2.78 bits per heavy atom. The molecule has 3 rings (SSSR count). The van der Waals surface area contributed by atoms with Gasteiger partial charge in [0.2, 0.25) is 0 Å². The largest absolute Gasteiger partial charge is 0.507 e. The second-order valence-corrected chi connectivity index (χ2v) is 4.46. The summed E-state index contributed by atoms with van der Waals surface area (Å²) in [4.78, 5) is 17.1. The van der Waals surface area contributed by atoms with Crippen LogP contribution in [0, 0.1) is 0 Å². The van der Waals surface area contributed by atoms with Crippen molar-refractivity contribution in [3.63, 3.8) is 0 Å². The predicted molar refractivity (Wildman–Crippen MR) is 68.7 cm³/mol. The van der Waals surface area contributed by atoms with Gasteiger partial charge in [0.15, 0.2) is 0 Å².